The summed E-state index contributed by atoms with van der Waals surface area (Å²) in [5, 5.41) is 2.15. The predicted molar refractivity (Wildman–Crippen MR) is 75.4 cm³/mol. The smallest absolute Gasteiger partial charge is 0.0701 e. The van der Waals surface area contributed by atoms with Crippen LogP contribution < -0.4 is 11.3 Å². The Morgan fingerprint density at radius 1 is 1.50 bits per heavy atom. The number of allylic oxidation sites excluding steroid dienone is 1. The lowest BCUT2D eigenvalue weighted by atomic mass is 10.0. The van der Waals surface area contributed by atoms with Crippen LogP contribution in [0, 0.1) is 0 Å². The second-order valence-corrected chi connectivity index (χ2v) is 6.12. The third-order valence-electron chi connectivity index (χ3n) is 2.59. The number of halogens is 1. The quantitative estimate of drug-likeness (QED) is 0.328. The molecular formula is C12H19BrN2S. The third kappa shape index (κ3) is 4.78. The van der Waals surface area contributed by atoms with Crippen molar-refractivity contribution in [2.45, 2.75) is 38.1 Å². The highest BCUT2D eigenvalue weighted by Crippen LogP contribution is 2.27. The Morgan fingerprint density at radius 3 is 2.88 bits per heavy atom. The summed E-state index contributed by atoms with van der Waals surface area (Å²) in [6.07, 6.45) is 7.87. The molecule has 1 atom stereocenters. The first-order valence-corrected chi connectivity index (χ1v) is 7.26. The highest BCUT2D eigenvalue weighted by atomic mass is 79.9. The largest absolute Gasteiger partial charge is 0.271 e. The molecule has 0 saturated heterocycles. The molecule has 2 nitrogen and oxygen atoms in total. The van der Waals surface area contributed by atoms with Crippen molar-refractivity contribution in [3.8, 4) is 0 Å². The SMILES string of the molecule is C=CCCCCCC(NN)c1csc(Br)c1. The molecule has 0 spiro atoms. The number of unbranched alkanes of at least 4 members (excludes halogenated alkanes) is 3. The Labute approximate surface area is 110 Å². The van der Waals surface area contributed by atoms with Gasteiger partial charge in [-0.2, -0.15) is 0 Å². The van der Waals surface area contributed by atoms with Crippen LogP contribution >= 0.6 is 27.3 Å². The van der Waals surface area contributed by atoms with E-state index in [1.807, 2.05) is 6.08 Å². The maximum absolute atomic E-state index is 5.58. The van der Waals surface area contributed by atoms with Crippen LogP contribution in [-0.2, 0) is 0 Å². The van der Waals surface area contributed by atoms with Crippen molar-refractivity contribution in [3.63, 3.8) is 0 Å². The van der Waals surface area contributed by atoms with Crippen LogP contribution in [0.4, 0.5) is 0 Å². The van der Waals surface area contributed by atoms with Crippen molar-refractivity contribution in [1.82, 2.24) is 5.43 Å². The van der Waals surface area contributed by atoms with Gasteiger partial charge in [0.25, 0.3) is 0 Å². The van der Waals surface area contributed by atoms with Crippen LogP contribution in [0.3, 0.4) is 0 Å². The fourth-order valence-corrected chi connectivity index (χ4v) is 2.90. The van der Waals surface area contributed by atoms with Gasteiger partial charge in [0.15, 0.2) is 0 Å². The zero-order valence-corrected chi connectivity index (χ0v) is 11.8. The molecule has 0 amide bonds. The summed E-state index contributed by atoms with van der Waals surface area (Å²) in [7, 11) is 0. The van der Waals surface area contributed by atoms with Crippen molar-refractivity contribution in [2.24, 2.45) is 5.84 Å². The van der Waals surface area contributed by atoms with Gasteiger partial charge < -0.3 is 0 Å². The molecule has 1 unspecified atom stereocenters. The zero-order valence-electron chi connectivity index (χ0n) is 9.42. The van der Waals surface area contributed by atoms with E-state index in [1.54, 1.807) is 11.3 Å². The van der Waals surface area contributed by atoms with Gasteiger partial charge in [0.2, 0.25) is 0 Å². The average molecular weight is 303 g/mol. The second kappa shape index (κ2) is 8.01. The molecule has 0 aromatic carbocycles. The Kier molecular flexibility index (Phi) is 6.96. The Hall–Kier alpha value is -0.160. The molecule has 0 saturated carbocycles. The summed E-state index contributed by atoms with van der Waals surface area (Å²) in [5.41, 5.74) is 4.17. The van der Waals surface area contributed by atoms with Crippen molar-refractivity contribution in [2.75, 3.05) is 0 Å². The first kappa shape index (κ1) is 13.9. The minimum Gasteiger partial charge on any atom is -0.271 e. The monoisotopic (exact) mass is 302 g/mol. The normalized spacial score (nSPS) is 12.6. The predicted octanol–water partition coefficient (Wildman–Crippen LogP) is 4.15. The maximum Gasteiger partial charge on any atom is 0.0701 e. The molecule has 1 aromatic rings. The van der Waals surface area contributed by atoms with E-state index in [0.29, 0.717) is 0 Å². The number of rotatable bonds is 8. The average Bonchev–Trinajstić information content (AvgIpc) is 2.70. The molecule has 1 aromatic heterocycles. The van der Waals surface area contributed by atoms with E-state index in [-0.39, 0.29) is 6.04 Å². The van der Waals surface area contributed by atoms with Crippen molar-refractivity contribution >= 4 is 27.3 Å². The van der Waals surface area contributed by atoms with Crippen LogP contribution in [0.5, 0.6) is 0 Å². The molecule has 0 fully saturated rings. The molecule has 3 N–H and O–H groups in total. The Morgan fingerprint density at radius 2 is 2.31 bits per heavy atom. The number of thiophene rings is 1. The topological polar surface area (TPSA) is 38.0 Å². The summed E-state index contributed by atoms with van der Waals surface area (Å²) >= 11 is 5.17. The highest BCUT2D eigenvalue weighted by Gasteiger charge is 2.10. The first-order valence-electron chi connectivity index (χ1n) is 5.59. The highest BCUT2D eigenvalue weighted by molar-refractivity contribution is 9.11. The molecule has 4 heteroatoms. The number of hydrogen-bond acceptors (Lipinski definition) is 3. The maximum atomic E-state index is 5.58. The van der Waals surface area contributed by atoms with E-state index >= 15 is 0 Å². The van der Waals surface area contributed by atoms with E-state index in [9.17, 15) is 0 Å². The van der Waals surface area contributed by atoms with E-state index < -0.39 is 0 Å². The minimum absolute atomic E-state index is 0.284. The van der Waals surface area contributed by atoms with Gasteiger partial charge >= 0.3 is 0 Å². The molecule has 0 bridgehead atoms. The van der Waals surface area contributed by atoms with Gasteiger partial charge in [-0.25, -0.2) is 0 Å². The molecule has 90 valence electrons. The van der Waals surface area contributed by atoms with Crippen LogP contribution in [-0.4, -0.2) is 0 Å². The number of nitrogens with one attached hydrogen (secondary N) is 1. The minimum atomic E-state index is 0.284. The van der Waals surface area contributed by atoms with E-state index in [0.717, 1.165) is 16.6 Å². The molecule has 0 radical (unpaired) electrons. The van der Waals surface area contributed by atoms with Crippen molar-refractivity contribution < 1.29 is 0 Å². The lowest BCUT2D eigenvalue weighted by molar-refractivity contribution is 0.485. The fourth-order valence-electron chi connectivity index (χ4n) is 1.67. The van der Waals surface area contributed by atoms with Crippen LogP contribution in [0.15, 0.2) is 27.9 Å². The van der Waals surface area contributed by atoms with Crippen LogP contribution in [0.2, 0.25) is 0 Å². The summed E-state index contributed by atoms with van der Waals surface area (Å²) in [6, 6.07) is 2.42. The number of hydrazine groups is 1. The third-order valence-corrected chi connectivity index (χ3v) is 4.12. The lowest BCUT2D eigenvalue weighted by Gasteiger charge is -2.14. The van der Waals surface area contributed by atoms with Gasteiger partial charge in [0.05, 0.1) is 3.79 Å². The second-order valence-electron chi connectivity index (χ2n) is 3.83. The number of hydrogen-bond donors (Lipinski definition) is 2. The molecule has 0 aliphatic carbocycles. The molecule has 1 heterocycles. The molecule has 0 aliphatic rings. The van der Waals surface area contributed by atoms with Gasteiger partial charge in [-0.3, -0.25) is 11.3 Å². The van der Waals surface area contributed by atoms with Crippen LogP contribution in [0.25, 0.3) is 0 Å². The van der Waals surface area contributed by atoms with E-state index in [1.165, 1.54) is 24.8 Å². The summed E-state index contributed by atoms with van der Waals surface area (Å²) in [5.74, 6) is 5.58. The van der Waals surface area contributed by atoms with E-state index in [4.69, 9.17) is 5.84 Å². The summed E-state index contributed by atoms with van der Waals surface area (Å²) in [6.45, 7) is 3.72. The summed E-state index contributed by atoms with van der Waals surface area (Å²) < 4.78 is 1.16. The van der Waals surface area contributed by atoms with Gasteiger partial charge in [-0.05, 0) is 52.2 Å². The van der Waals surface area contributed by atoms with Crippen molar-refractivity contribution in [3.05, 3.63) is 33.5 Å². The Balaban J connectivity index is 2.29. The number of nitrogens with two attached hydrogens (primary N) is 1. The standard InChI is InChI=1S/C12H19BrN2S/c1-2-3-4-5-6-7-11(15-14)10-8-12(13)16-9-10/h2,8-9,11,15H,1,3-7,14H2. The molecule has 0 aliphatic heterocycles. The lowest BCUT2D eigenvalue weighted by Crippen LogP contribution is -2.27. The van der Waals surface area contributed by atoms with Gasteiger partial charge in [0.1, 0.15) is 0 Å². The van der Waals surface area contributed by atoms with Crippen LogP contribution in [0.1, 0.15) is 43.7 Å². The zero-order chi connectivity index (χ0) is 11.8. The molecule has 16 heavy (non-hydrogen) atoms. The van der Waals surface area contributed by atoms with Gasteiger partial charge in [0, 0.05) is 6.04 Å². The van der Waals surface area contributed by atoms with Gasteiger partial charge in [-0.15, -0.1) is 17.9 Å². The molecular weight excluding hydrogens is 284 g/mol. The van der Waals surface area contributed by atoms with Crippen molar-refractivity contribution in [1.29, 1.82) is 0 Å². The Bertz CT molecular complexity index is 312. The molecule has 1 rings (SSSR count). The first-order chi connectivity index (χ1) is 7.77. The fraction of sp³-hybridized carbons (Fsp3) is 0.500. The summed E-state index contributed by atoms with van der Waals surface area (Å²) in [4.78, 5) is 0. The van der Waals surface area contributed by atoms with E-state index in [2.05, 4.69) is 39.4 Å². The van der Waals surface area contributed by atoms with Gasteiger partial charge in [-0.1, -0.05) is 18.9 Å².